The second-order valence-electron chi connectivity index (χ2n) is 7.15. The molecule has 3 aromatic heterocycles. The van der Waals surface area contributed by atoms with Gasteiger partial charge in [-0.05, 0) is 12.1 Å². The topological polar surface area (TPSA) is 69.6 Å². The Morgan fingerprint density at radius 3 is 2.73 bits per heavy atom. The highest BCUT2D eigenvalue weighted by molar-refractivity contribution is 5.81. The van der Waals surface area contributed by atoms with Crippen molar-refractivity contribution in [3.05, 3.63) is 60.3 Å². The summed E-state index contributed by atoms with van der Waals surface area (Å²) in [5.41, 5.74) is 0.729. The number of imidazole rings is 1. The first kappa shape index (κ1) is 16.4. The molecule has 7 heteroatoms. The first-order valence-electron chi connectivity index (χ1n) is 8.32. The Labute approximate surface area is 149 Å². The molecule has 1 aromatic carbocycles. The zero-order chi connectivity index (χ0) is 18.3. The third-order valence-corrected chi connectivity index (χ3v) is 4.06. The zero-order valence-electron chi connectivity index (χ0n) is 14.8. The van der Waals surface area contributed by atoms with Crippen molar-refractivity contribution in [3.8, 4) is 11.5 Å². The number of benzene rings is 1. The fourth-order valence-electron chi connectivity index (χ4n) is 2.67. The second kappa shape index (κ2) is 6.01. The number of nitrogens with zero attached hydrogens (tertiary/aromatic N) is 5. The van der Waals surface area contributed by atoms with Crippen molar-refractivity contribution in [1.82, 2.24) is 24.7 Å². The first-order chi connectivity index (χ1) is 12.4. The Balaban J connectivity index is 1.69. The molecule has 0 N–H and O–H groups in total. The Hall–Kier alpha value is -3.09. The van der Waals surface area contributed by atoms with Crippen molar-refractivity contribution in [2.45, 2.75) is 32.7 Å². The van der Waals surface area contributed by atoms with Crippen molar-refractivity contribution in [3.63, 3.8) is 0 Å². The normalized spacial score (nSPS) is 12.0. The van der Waals surface area contributed by atoms with Gasteiger partial charge in [0.15, 0.2) is 11.6 Å². The SMILES string of the molecule is CC(C)(C)c1noc(Cn2ccnc2-c2ccc3cccc(F)c3n2)n1. The Kier molecular flexibility index (Phi) is 3.79. The van der Waals surface area contributed by atoms with E-state index < -0.39 is 0 Å². The van der Waals surface area contributed by atoms with Gasteiger partial charge in [-0.15, -0.1) is 0 Å². The van der Waals surface area contributed by atoms with Crippen LogP contribution in [-0.2, 0) is 12.0 Å². The van der Waals surface area contributed by atoms with E-state index in [2.05, 4.69) is 20.1 Å². The number of fused-ring (bicyclic) bond motifs is 1. The van der Waals surface area contributed by atoms with Crippen molar-refractivity contribution >= 4 is 10.9 Å². The maximum Gasteiger partial charge on any atom is 0.246 e. The van der Waals surface area contributed by atoms with E-state index in [-0.39, 0.29) is 11.2 Å². The van der Waals surface area contributed by atoms with Gasteiger partial charge in [0.1, 0.15) is 23.6 Å². The lowest BCUT2D eigenvalue weighted by Gasteiger charge is -2.11. The summed E-state index contributed by atoms with van der Waals surface area (Å²) in [6.07, 6.45) is 3.48. The van der Waals surface area contributed by atoms with Crippen LogP contribution >= 0.6 is 0 Å². The molecule has 0 aliphatic heterocycles. The van der Waals surface area contributed by atoms with Gasteiger partial charge in [0.05, 0.1) is 0 Å². The van der Waals surface area contributed by atoms with E-state index in [0.717, 1.165) is 5.39 Å². The van der Waals surface area contributed by atoms with Gasteiger partial charge in [-0.25, -0.2) is 14.4 Å². The van der Waals surface area contributed by atoms with Crippen LogP contribution in [-0.4, -0.2) is 24.7 Å². The summed E-state index contributed by atoms with van der Waals surface area (Å²) in [4.78, 5) is 13.3. The summed E-state index contributed by atoms with van der Waals surface area (Å²) in [5.74, 6) is 1.40. The van der Waals surface area contributed by atoms with Gasteiger partial charge in [0, 0.05) is 23.2 Å². The molecule has 0 spiro atoms. The van der Waals surface area contributed by atoms with Gasteiger partial charge in [-0.2, -0.15) is 4.98 Å². The van der Waals surface area contributed by atoms with E-state index in [0.29, 0.717) is 35.3 Å². The smallest absolute Gasteiger partial charge is 0.246 e. The summed E-state index contributed by atoms with van der Waals surface area (Å²) >= 11 is 0. The third-order valence-electron chi connectivity index (χ3n) is 4.06. The fraction of sp³-hybridized carbons (Fsp3) is 0.263. The van der Waals surface area contributed by atoms with E-state index in [1.165, 1.54) is 6.07 Å². The monoisotopic (exact) mass is 351 g/mol. The lowest BCUT2D eigenvalue weighted by molar-refractivity contribution is 0.357. The van der Waals surface area contributed by atoms with Crippen LogP contribution in [0.3, 0.4) is 0 Å². The number of hydrogen-bond donors (Lipinski definition) is 0. The number of aromatic nitrogens is 5. The summed E-state index contributed by atoms with van der Waals surface area (Å²) in [7, 11) is 0. The number of rotatable bonds is 3. The van der Waals surface area contributed by atoms with E-state index in [9.17, 15) is 4.39 Å². The molecule has 0 unspecified atom stereocenters. The van der Waals surface area contributed by atoms with E-state index in [1.54, 1.807) is 12.3 Å². The number of halogens is 1. The minimum atomic E-state index is -0.353. The average molecular weight is 351 g/mol. The predicted octanol–water partition coefficient (Wildman–Crippen LogP) is 3.97. The fourth-order valence-corrected chi connectivity index (χ4v) is 2.67. The van der Waals surface area contributed by atoms with Crippen molar-refractivity contribution in [1.29, 1.82) is 0 Å². The highest BCUT2D eigenvalue weighted by atomic mass is 19.1. The summed E-state index contributed by atoms with van der Waals surface area (Å²) in [6, 6.07) is 8.56. The predicted molar refractivity (Wildman–Crippen MR) is 95.0 cm³/mol. The highest BCUT2D eigenvalue weighted by Crippen LogP contribution is 2.23. The average Bonchev–Trinajstić information content (AvgIpc) is 3.25. The number of para-hydroxylation sites is 1. The third kappa shape index (κ3) is 2.96. The van der Waals surface area contributed by atoms with E-state index >= 15 is 0 Å². The van der Waals surface area contributed by atoms with Crippen LogP contribution in [0.2, 0.25) is 0 Å². The molecule has 26 heavy (non-hydrogen) atoms. The van der Waals surface area contributed by atoms with E-state index in [1.807, 2.05) is 49.7 Å². The van der Waals surface area contributed by atoms with E-state index in [4.69, 9.17) is 4.52 Å². The number of pyridine rings is 1. The lowest BCUT2D eigenvalue weighted by Crippen LogP contribution is -2.13. The van der Waals surface area contributed by atoms with Crippen LogP contribution in [0.4, 0.5) is 4.39 Å². The van der Waals surface area contributed by atoms with Crippen molar-refractivity contribution in [2.24, 2.45) is 0 Å². The second-order valence-corrected chi connectivity index (χ2v) is 7.15. The van der Waals surface area contributed by atoms with Crippen LogP contribution in [0.15, 0.2) is 47.2 Å². The van der Waals surface area contributed by atoms with Crippen LogP contribution in [0, 0.1) is 5.82 Å². The molecule has 132 valence electrons. The molecule has 4 rings (SSSR count). The molecule has 6 nitrogen and oxygen atoms in total. The molecule has 0 aliphatic carbocycles. The molecule has 0 aliphatic rings. The van der Waals surface area contributed by atoms with Crippen LogP contribution < -0.4 is 0 Å². The first-order valence-corrected chi connectivity index (χ1v) is 8.32. The largest absolute Gasteiger partial charge is 0.337 e. The Morgan fingerprint density at radius 2 is 1.96 bits per heavy atom. The molecule has 0 saturated heterocycles. The minimum Gasteiger partial charge on any atom is -0.337 e. The maximum atomic E-state index is 14.0. The molecule has 0 radical (unpaired) electrons. The maximum absolute atomic E-state index is 14.0. The Bertz CT molecular complexity index is 1080. The molecule has 0 bridgehead atoms. The van der Waals surface area contributed by atoms with Gasteiger partial charge in [-0.3, -0.25) is 0 Å². The molecule has 3 heterocycles. The highest BCUT2D eigenvalue weighted by Gasteiger charge is 2.21. The molecular formula is C19H18FN5O. The summed E-state index contributed by atoms with van der Waals surface area (Å²) in [5, 5.41) is 4.79. The standard InChI is InChI=1S/C19H18FN5O/c1-19(2,3)18-23-15(26-24-18)11-25-10-9-21-17(25)14-8-7-12-5-4-6-13(20)16(12)22-14/h4-10H,11H2,1-3H3. The molecule has 0 fully saturated rings. The quantitative estimate of drug-likeness (QED) is 0.559. The van der Waals surface area contributed by atoms with Gasteiger partial charge in [0.25, 0.3) is 0 Å². The van der Waals surface area contributed by atoms with Crippen LogP contribution in [0.1, 0.15) is 32.5 Å². The minimum absolute atomic E-state index is 0.184. The summed E-state index contributed by atoms with van der Waals surface area (Å²) in [6.45, 7) is 6.45. The van der Waals surface area contributed by atoms with Gasteiger partial charge in [0.2, 0.25) is 5.89 Å². The van der Waals surface area contributed by atoms with Crippen molar-refractivity contribution < 1.29 is 8.91 Å². The lowest BCUT2D eigenvalue weighted by atomic mass is 9.96. The molecule has 4 aromatic rings. The summed E-state index contributed by atoms with van der Waals surface area (Å²) < 4.78 is 21.3. The number of hydrogen-bond acceptors (Lipinski definition) is 5. The van der Waals surface area contributed by atoms with Crippen LogP contribution in [0.5, 0.6) is 0 Å². The Morgan fingerprint density at radius 1 is 1.12 bits per heavy atom. The van der Waals surface area contributed by atoms with Gasteiger partial charge in [-0.1, -0.05) is 44.1 Å². The molecule has 0 amide bonds. The van der Waals surface area contributed by atoms with Gasteiger partial charge >= 0.3 is 0 Å². The zero-order valence-corrected chi connectivity index (χ0v) is 14.8. The molecular weight excluding hydrogens is 333 g/mol. The molecule has 0 atom stereocenters. The van der Waals surface area contributed by atoms with Gasteiger partial charge < -0.3 is 9.09 Å². The van der Waals surface area contributed by atoms with Crippen molar-refractivity contribution in [2.75, 3.05) is 0 Å². The van der Waals surface area contributed by atoms with Crippen LogP contribution in [0.25, 0.3) is 22.4 Å². The molecule has 0 saturated carbocycles.